The number of hydrogen-bond donors (Lipinski definition) is 3. The van der Waals surface area contributed by atoms with Gasteiger partial charge in [-0.3, -0.25) is 0 Å². The summed E-state index contributed by atoms with van der Waals surface area (Å²) >= 11 is 0. The van der Waals surface area contributed by atoms with Gasteiger partial charge in [0.05, 0.1) is 23.3 Å². The molecule has 1 aromatic rings. The van der Waals surface area contributed by atoms with Crippen molar-refractivity contribution in [3.05, 3.63) is 34.9 Å². The third kappa shape index (κ3) is 3.92. The van der Waals surface area contributed by atoms with Crippen LogP contribution in [0.25, 0.3) is 0 Å². The molecule has 2 unspecified atom stereocenters. The lowest BCUT2D eigenvalue weighted by molar-refractivity contribution is -0.137. The number of nitrogens with one attached hydrogen (secondary N) is 1. The molecule has 0 radical (unpaired) electrons. The highest BCUT2D eigenvalue weighted by molar-refractivity contribution is 5.39. The van der Waals surface area contributed by atoms with Gasteiger partial charge < -0.3 is 15.5 Å². The molecule has 0 aliphatic rings. The first-order valence-electron chi connectivity index (χ1n) is 5.42. The molecule has 0 spiro atoms. The van der Waals surface area contributed by atoms with Gasteiger partial charge in [-0.05, 0) is 30.8 Å². The van der Waals surface area contributed by atoms with Crippen molar-refractivity contribution in [2.24, 2.45) is 0 Å². The van der Waals surface area contributed by atoms with Gasteiger partial charge >= 0.3 is 6.18 Å². The molecule has 0 bridgehead atoms. The summed E-state index contributed by atoms with van der Waals surface area (Å²) in [6, 6.07) is 4.14. The SMILES string of the molecule is CNCC(O)C(O)c1cc(C#N)cc(C(F)(F)F)c1. The molecule has 4 nitrogen and oxygen atoms in total. The van der Waals surface area contributed by atoms with Crippen LogP contribution in [0.5, 0.6) is 0 Å². The highest BCUT2D eigenvalue weighted by Gasteiger charge is 2.32. The zero-order valence-electron chi connectivity index (χ0n) is 10.1. The maximum Gasteiger partial charge on any atom is 0.416 e. The van der Waals surface area contributed by atoms with E-state index in [4.69, 9.17) is 5.26 Å². The van der Waals surface area contributed by atoms with E-state index >= 15 is 0 Å². The van der Waals surface area contributed by atoms with Gasteiger partial charge in [-0.1, -0.05) is 0 Å². The Balaban J connectivity index is 3.18. The summed E-state index contributed by atoms with van der Waals surface area (Å²) in [5.41, 5.74) is -1.40. The Kier molecular flexibility index (Phi) is 4.89. The average Bonchev–Trinajstić information content (AvgIpc) is 2.36. The van der Waals surface area contributed by atoms with Crippen molar-refractivity contribution in [1.29, 1.82) is 5.26 Å². The second kappa shape index (κ2) is 6.02. The first-order valence-corrected chi connectivity index (χ1v) is 5.42. The van der Waals surface area contributed by atoms with E-state index in [1.807, 2.05) is 0 Å². The maximum atomic E-state index is 12.6. The lowest BCUT2D eigenvalue weighted by atomic mass is 9.99. The summed E-state index contributed by atoms with van der Waals surface area (Å²) < 4.78 is 37.9. The highest BCUT2D eigenvalue weighted by atomic mass is 19.4. The number of nitrogens with zero attached hydrogens (tertiary/aromatic N) is 1. The van der Waals surface area contributed by atoms with Crippen LogP contribution in [0.3, 0.4) is 0 Å². The van der Waals surface area contributed by atoms with Crippen molar-refractivity contribution in [3.8, 4) is 6.07 Å². The minimum atomic E-state index is -4.62. The van der Waals surface area contributed by atoms with Crippen molar-refractivity contribution in [3.63, 3.8) is 0 Å². The number of alkyl halides is 3. The van der Waals surface area contributed by atoms with Crippen LogP contribution in [0.15, 0.2) is 18.2 Å². The Hall–Kier alpha value is -1.62. The molecule has 1 rings (SSSR count). The minimum absolute atomic E-state index is 0.0132. The largest absolute Gasteiger partial charge is 0.416 e. The molecular formula is C12H13F3N2O2. The van der Waals surface area contributed by atoms with E-state index < -0.39 is 23.9 Å². The molecule has 1 aromatic carbocycles. The van der Waals surface area contributed by atoms with Crippen LogP contribution in [-0.2, 0) is 6.18 Å². The summed E-state index contributed by atoms with van der Waals surface area (Å²) in [4.78, 5) is 0. The Labute approximate surface area is 108 Å². The van der Waals surface area contributed by atoms with Gasteiger partial charge in [0.15, 0.2) is 0 Å². The molecular weight excluding hydrogens is 261 g/mol. The molecule has 19 heavy (non-hydrogen) atoms. The van der Waals surface area contributed by atoms with Crippen LogP contribution in [0.2, 0.25) is 0 Å². The van der Waals surface area contributed by atoms with Crippen molar-refractivity contribution >= 4 is 0 Å². The van der Waals surface area contributed by atoms with Crippen LogP contribution < -0.4 is 5.32 Å². The standard InChI is InChI=1S/C12H13F3N2O2/c1-17-6-10(18)11(19)8-2-7(5-16)3-9(4-8)12(13,14)15/h2-4,10-11,17-19H,6H2,1H3. The van der Waals surface area contributed by atoms with Gasteiger partial charge in [0.1, 0.15) is 6.10 Å². The van der Waals surface area contributed by atoms with Crippen LogP contribution in [-0.4, -0.2) is 29.9 Å². The quantitative estimate of drug-likeness (QED) is 0.771. The molecule has 0 saturated heterocycles. The topological polar surface area (TPSA) is 76.3 Å². The van der Waals surface area contributed by atoms with Gasteiger partial charge in [0.2, 0.25) is 0 Å². The smallest absolute Gasteiger partial charge is 0.389 e. The Morgan fingerprint density at radius 3 is 2.42 bits per heavy atom. The minimum Gasteiger partial charge on any atom is -0.389 e. The molecule has 7 heteroatoms. The van der Waals surface area contributed by atoms with E-state index in [-0.39, 0.29) is 17.7 Å². The first kappa shape index (κ1) is 15.4. The number of benzene rings is 1. The second-order valence-electron chi connectivity index (χ2n) is 4.02. The van der Waals surface area contributed by atoms with Crippen LogP contribution in [0.1, 0.15) is 22.8 Å². The summed E-state index contributed by atoms with van der Waals surface area (Å²) in [5.74, 6) is 0. The van der Waals surface area contributed by atoms with E-state index in [1.54, 1.807) is 6.07 Å². The predicted molar refractivity (Wildman–Crippen MR) is 61.1 cm³/mol. The zero-order chi connectivity index (χ0) is 14.6. The average molecular weight is 274 g/mol. The monoisotopic (exact) mass is 274 g/mol. The van der Waals surface area contributed by atoms with Crippen LogP contribution >= 0.6 is 0 Å². The van der Waals surface area contributed by atoms with Crippen molar-refractivity contribution < 1.29 is 23.4 Å². The summed E-state index contributed by atoms with van der Waals surface area (Å²) in [6.07, 6.45) is -7.38. The molecule has 0 amide bonds. The van der Waals surface area contributed by atoms with Crippen molar-refractivity contribution in [2.45, 2.75) is 18.4 Å². The van der Waals surface area contributed by atoms with E-state index in [0.29, 0.717) is 6.07 Å². The predicted octanol–water partition coefficient (Wildman–Crippen LogP) is 1.19. The van der Waals surface area contributed by atoms with E-state index in [9.17, 15) is 23.4 Å². The summed E-state index contributed by atoms with van der Waals surface area (Å²) in [6.45, 7) is 0.0132. The third-order valence-electron chi connectivity index (χ3n) is 2.53. The molecule has 2 atom stereocenters. The Morgan fingerprint density at radius 2 is 1.95 bits per heavy atom. The van der Waals surface area contributed by atoms with Crippen molar-refractivity contribution in [2.75, 3.05) is 13.6 Å². The number of aliphatic hydroxyl groups excluding tert-OH is 2. The van der Waals surface area contributed by atoms with Gasteiger partial charge in [-0.2, -0.15) is 18.4 Å². The van der Waals surface area contributed by atoms with E-state index in [2.05, 4.69) is 5.32 Å². The van der Waals surface area contributed by atoms with Crippen molar-refractivity contribution in [1.82, 2.24) is 5.32 Å². The Bertz CT molecular complexity index is 483. The third-order valence-corrected chi connectivity index (χ3v) is 2.53. The maximum absolute atomic E-state index is 12.6. The first-order chi connectivity index (χ1) is 8.79. The zero-order valence-corrected chi connectivity index (χ0v) is 10.1. The second-order valence-corrected chi connectivity index (χ2v) is 4.02. The molecule has 0 heterocycles. The number of hydrogen-bond acceptors (Lipinski definition) is 4. The molecule has 0 fully saturated rings. The lowest BCUT2D eigenvalue weighted by Gasteiger charge is -2.19. The number of rotatable bonds is 4. The van der Waals surface area contributed by atoms with Gasteiger partial charge in [0.25, 0.3) is 0 Å². The van der Waals surface area contributed by atoms with E-state index in [1.165, 1.54) is 7.05 Å². The van der Waals surface area contributed by atoms with Crippen LogP contribution in [0, 0.1) is 11.3 Å². The summed E-state index contributed by atoms with van der Waals surface area (Å²) in [5, 5.41) is 30.6. The normalized spacial score (nSPS) is 14.8. The highest BCUT2D eigenvalue weighted by Crippen LogP contribution is 2.32. The fraction of sp³-hybridized carbons (Fsp3) is 0.417. The van der Waals surface area contributed by atoms with Crippen LogP contribution in [0.4, 0.5) is 13.2 Å². The molecule has 104 valence electrons. The van der Waals surface area contributed by atoms with Gasteiger partial charge in [0, 0.05) is 6.54 Å². The molecule has 0 saturated carbocycles. The van der Waals surface area contributed by atoms with Gasteiger partial charge in [-0.25, -0.2) is 0 Å². The van der Waals surface area contributed by atoms with Gasteiger partial charge in [-0.15, -0.1) is 0 Å². The fourth-order valence-corrected chi connectivity index (χ4v) is 1.59. The number of aliphatic hydroxyl groups is 2. The lowest BCUT2D eigenvalue weighted by Crippen LogP contribution is -2.29. The molecule has 0 aliphatic heterocycles. The Morgan fingerprint density at radius 1 is 1.32 bits per heavy atom. The van der Waals surface area contributed by atoms with E-state index in [0.717, 1.165) is 12.1 Å². The fourth-order valence-electron chi connectivity index (χ4n) is 1.59. The molecule has 0 aliphatic carbocycles. The molecule has 3 N–H and O–H groups in total. The molecule has 0 aromatic heterocycles. The number of nitriles is 1. The number of likely N-dealkylation sites (N-methyl/N-ethyl adjacent to an activating group) is 1. The number of halogens is 3. The summed E-state index contributed by atoms with van der Waals surface area (Å²) in [7, 11) is 1.53.